The summed E-state index contributed by atoms with van der Waals surface area (Å²) < 4.78 is 0. The summed E-state index contributed by atoms with van der Waals surface area (Å²) in [6.07, 6.45) is 1.90. The Morgan fingerprint density at radius 2 is 1.65 bits per heavy atom. The maximum atomic E-state index is 12.8. The fraction of sp³-hybridized carbons (Fsp3) is 0.579. The lowest BCUT2D eigenvalue weighted by Gasteiger charge is -2.34. The molecule has 0 amide bonds. The molecule has 26 heavy (non-hydrogen) atoms. The SMILES string of the molecule is NC1CCC(C(=O)O)(C(=O)Cc2ccc(N(CCCl)CCCl)cc2)CC1. The van der Waals surface area contributed by atoms with Gasteiger partial charge >= 0.3 is 5.97 Å². The first kappa shape index (κ1) is 21.0. The highest BCUT2D eigenvalue weighted by Gasteiger charge is 2.47. The van der Waals surface area contributed by atoms with Gasteiger partial charge in [0.25, 0.3) is 0 Å². The number of anilines is 1. The lowest BCUT2D eigenvalue weighted by molar-refractivity contribution is -0.157. The van der Waals surface area contributed by atoms with Gasteiger partial charge < -0.3 is 15.7 Å². The highest BCUT2D eigenvalue weighted by molar-refractivity contribution is 6.18. The van der Waals surface area contributed by atoms with Gasteiger partial charge in [0.1, 0.15) is 5.41 Å². The van der Waals surface area contributed by atoms with Crippen molar-refractivity contribution in [1.29, 1.82) is 0 Å². The Bertz CT molecular complexity index is 608. The molecule has 0 unspecified atom stereocenters. The molecule has 0 radical (unpaired) electrons. The van der Waals surface area contributed by atoms with Gasteiger partial charge in [-0.15, -0.1) is 23.2 Å². The van der Waals surface area contributed by atoms with E-state index in [2.05, 4.69) is 4.90 Å². The summed E-state index contributed by atoms with van der Waals surface area (Å²) in [4.78, 5) is 26.7. The third-order valence-corrected chi connectivity index (χ3v) is 5.54. The molecule has 0 heterocycles. The first-order valence-electron chi connectivity index (χ1n) is 8.91. The molecule has 0 saturated heterocycles. The van der Waals surface area contributed by atoms with E-state index in [1.54, 1.807) is 0 Å². The van der Waals surface area contributed by atoms with Crippen LogP contribution >= 0.6 is 23.2 Å². The van der Waals surface area contributed by atoms with Crippen molar-refractivity contribution in [2.45, 2.75) is 38.1 Å². The van der Waals surface area contributed by atoms with E-state index < -0.39 is 11.4 Å². The van der Waals surface area contributed by atoms with E-state index in [1.165, 1.54) is 0 Å². The van der Waals surface area contributed by atoms with Gasteiger partial charge in [-0.25, -0.2) is 0 Å². The first-order valence-corrected chi connectivity index (χ1v) is 9.98. The summed E-state index contributed by atoms with van der Waals surface area (Å²) in [7, 11) is 0. The van der Waals surface area contributed by atoms with Crippen LogP contribution in [0.15, 0.2) is 24.3 Å². The van der Waals surface area contributed by atoms with Gasteiger partial charge in [0.05, 0.1) is 0 Å². The van der Waals surface area contributed by atoms with Gasteiger partial charge in [0, 0.05) is 43.0 Å². The molecule has 1 fully saturated rings. The van der Waals surface area contributed by atoms with Crippen molar-refractivity contribution in [2.75, 3.05) is 29.7 Å². The van der Waals surface area contributed by atoms with E-state index in [-0.39, 0.29) is 18.2 Å². The number of hydrogen-bond donors (Lipinski definition) is 2. The summed E-state index contributed by atoms with van der Waals surface area (Å²) in [6.45, 7) is 1.38. The Morgan fingerprint density at radius 3 is 2.12 bits per heavy atom. The summed E-state index contributed by atoms with van der Waals surface area (Å²) >= 11 is 11.7. The summed E-state index contributed by atoms with van der Waals surface area (Å²) in [5.41, 5.74) is 6.38. The highest BCUT2D eigenvalue weighted by atomic mass is 35.5. The van der Waals surface area contributed by atoms with Crippen molar-refractivity contribution in [1.82, 2.24) is 0 Å². The number of halogens is 2. The molecule has 0 aromatic heterocycles. The van der Waals surface area contributed by atoms with Crippen LogP contribution in [0.25, 0.3) is 0 Å². The molecule has 0 aliphatic heterocycles. The van der Waals surface area contributed by atoms with Crippen LogP contribution < -0.4 is 10.6 Å². The van der Waals surface area contributed by atoms with E-state index >= 15 is 0 Å². The number of aliphatic carboxylic acids is 1. The molecule has 144 valence electrons. The summed E-state index contributed by atoms with van der Waals surface area (Å²) in [5.74, 6) is -0.259. The number of carboxylic acid groups (broad SMARTS) is 1. The maximum Gasteiger partial charge on any atom is 0.317 e. The number of nitrogens with two attached hydrogens (primary N) is 1. The van der Waals surface area contributed by atoms with Gasteiger partial charge in [-0.2, -0.15) is 0 Å². The van der Waals surface area contributed by atoms with Crippen LogP contribution in [0.5, 0.6) is 0 Å². The minimum absolute atomic E-state index is 0.00981. The van der Waals surface area contributed by atoms with Crippen LogP contribution in [-0.4, -0.2) is 47.8 Å². The molecule has 0 atom stereocenters. The van der Waals surface area contributed by atoms with E-state index in [1.807, 2.05) is 24.3 Å². The zero-order chi connectivity index (χ0) is 19.2. The van der Waals surface area contributed by atoms with Gasteiger partial charge in [-0.3, -0.25) is 9.59 Å². The standard InChI is InChI=1S/C19H26Cl2N2O3/c20-9-11-23(12-10-21)16-3-1-14(2-4-16)13-17(24)19(18(25)26)7-5-15(22)6-8-19/h1-4,15H,5-13,22H2,(H,25,26). The number of hydrogen-bond acceptors (Lipinski definition) is 4. The molecule has 3 N–H and O–H groups in total. The Morgan fingerprint density at radius 1 is 1.12 bits per heavy atom. The monoisotopic (exact) mass is 400 g/mol. The number of ketones is 1. The molecule has 1 aliphatic rings. The molecule has 1 saturated carbocycles. The number of rotatable bonds is 9. The van der Waals surface area contributed by atoms with Crippen molar-refractivity contribution < 1.29 is 14.7 Å². The molecule has 0 spiro atoms. The van der Waals surface area contributed by atoms with Crippen LogP contribution in [0, 0.1) is 5.41 Å². The third-order valence-electron chi connectivity index (χ3n) is 5.20. The van der Waals surface area contributed by atoms with Crippen LogP contribution in [-0.2, 0) is 16.0 Å². The molecule has 1 aromatic carbocycles. The van der Waals surface area contributed by atoms with Crippen molar-refractivity contribution in [2.24, 2.45) is 11.1 Å². The fourth-order valence-corrected chi connectivity index (χ4v) is 3.91. The molecule has 5 nitrogen and oxygen atoms in total. The zero-order valence-electron chi connectivity index (χ0n) is 14.8. The van der Waals surface area contributed by atoms with E-state index in [9.17, 15) is 14.7 Å². The Kier molecular flexibility index (Phi) is 7.74. The number of carbonyl (C=O) groups excluding carboxylic acids is 1. The predicted molar refractivity (Wildman–Crippen MR) is 105 cm³/mol. The van der Waals surface area contributed by atoms with E-state index in [0.29, 0.717) is 50.5 Å². The number of alkyl halides is 2. The van der Waals surface area contributed by atoms with Gasteiger partial charge in [-0.1, -0.05) is 12.1 Å². The average molecular weight is 401 g/mol. The second-order valence-corrected chi connectivity index (χ2v) is 7.61. The molecular weight excluding hydrogens is 375 g/mol. The fourth-order valence-electron chi connectivity index (χ4n) is 3.50. The Hall–Kier alpha value is -1.30. The zero-order valence-corrected chi connectivity index (χ0v) is 16.3. The second-order valence-electron chi connectivity index (χ2n) is 6.86. The van der Waals surface area contributed by atoms with Crippen molar-refractivity contribution in [3.63, 3.8) is 0 Å². The lowest BCUT2D eigenvalue weighted by Crippen LogP contribution is -2.45. The number of carbonyl (C=O) groups is 2. The summed E-state index contributed by atoms with van der Waals surface area (Å²) in [5, 5.41) is 9.67. The van der Waals surface area contributed by atoms with Crippen LogP contribution in [0.2, 0.25) is 0 Å². The topological polar surface area (TPSA) is 83.6 Å². The van der Waals surface area contributed by atoms with Gasteiger partial charge in [0.15, 0.2) is 5.78 Å². The maximum absolute atomic E-state index is 12.8. The minimum Gasteiger partial charge on any atom is -0.480 e. The van der Waals surface area contributed by atoms with Crippen molar-refractivity contribution >= 4 is 40.6 Å². The molecular formula is C19H26Cl2N2O3. The largest absolute Gasteiger partial charge is 0.480 e. The quantitative estimate of drug-likeness (QED) is 0.491. The van der Waals surface area contributed by atoms with Crippen molar-refractivity contribution in [3.8, 4) is 0 Å². The van der Waals surface area contributed by atoms with Crippen LogP contribution in [0.1, 0.15) is 31.2 Å². The lowest BCUT2D eigenvalue weighted by atomic mass is 9.68. The normalized spacial score (nSPS) is 22.8. The number of benzene rings is 1. The Labute approximate surface area is 164 Å². The Balaban J connectivity index is 2.09. The highest BCUT2D eigenvalue weighted by Crippen LogP contribution is 2.38. The molecule has 7 heteroatoms. The first-order chi connectivity index (χ1) is 12.4. The molecule has 1 aromatic rings. The summed E-state index contributed by atoms with van der Waals surface area (Å²) in [6, 6.07) is 7.57. The predicted octanol–water partition coefficient (Wildman–Crippen LogP) is 3.05. The number of Topliss-reactive ketones (excluding diaryl/α,β-unsaturated/α-hetero) is 1. The third kappa shape index (κ3) is 4.90. The molecule has 2 rings (SSSR count). The second kappa shape index (κ2) is 9.58. The van der Waals surface area contributed by atoms with E-state index in [4.69, 9.17) is 28.9 Å². The van der Waals surface area contributed by atoms with Crippen LogP contribution in [0.4, 0.5) is 5.69 Å². The minimum atomic E-state index is -1.29. The van der Waals surface area contributed by atoms with Crippen molar-refractivity contribution in [3.05, 3.63) is 29.8 Å². The number of nitrogens with zero attached hydrogens (tertiary/aromatic N) is 1. The van der Waals surface area contributed by atoms with E-state index in [0.717, 1.165) is 11.3 Å². The van der Waals surface area contributed by atoms with Gasteiger partial charge in [-0.05, 0) is 43.4 Å². The molecule has 0 bridgehead atoms. The van der Waals surface area contributed by atoms with Gasteiger partial charge in [0.2, 0.25) is 0 Å². The smallest absolute Gasteiger partial charge is 0.317 e. The molecule has 1 aliphatic carbocycles. The average Bonchev–Trinajstić information content (AvgIpc) is 2.62. The van der Waals surface area contributed by atoms with Crippen LogP contribution in [0.3, 0.4) is 0 Å². The number of carboxylic acids is 1.